The number of primary amides is 1. The van der Waals surface area contributed by atoms with Crippen LogP contribution in [0.25, 0.3) is 0 Å². The van der Waals surface area contributed by atoms with Crippen molar-refractivity contribution < 1.29 is 23.9 Å². The summed E-state index contributed by atoms with van der Waals surface area (Å²) in [6.07, 6.45) is -1.32. The number of hydrogen-bond donors (Lipinski definition) is 3. The van der Waals surface area contributed by atoms with Gasteiger partial charge in [0.05, 0.1) is 6.42 Å². The number of amides is 4. The molecule has 0 aliphatic rings. The van der Waals surface area contributed by atoms with Gasteiger partial charge in [0, 0.05) is 12.6 Å². The highest BCUT2D eigenvalue weighted by Gasteiger charge is 2.39. The van der Waals surface area contributed by atoms with Crippen molar-refractivity contribution in [3.8, 4) is 0 Å². The molecular weight excluding hydrogens is 484 g/mol. The Kier molecular flexibility index (Phi) is 10.4. The van der Waals surface area contributed by atoms with Crippen LogP contribution in [0.3, 0.4) is 0 Å². The molecule has 0 aliphatic carbocycles. The Balaban J connectivity index is 2.51. The Bertz CT molecular complexity index is 1140. The van der Waals surface area contributed by atoms with E-state index in [1.807, 2.05) is 62.4 Å². The first-order chi connectivity index (χ1) is 17.7. The van der Waals surface area contributed by atoms with Gasteiger partial charge in [-0.1, -0.05) is 54.1 Å². The van der Waals surface area contributed by atoms with Crippen LogP contribution in [0.2, 0.25) is 0 Å². The fourth-order valence-corrected chi connectivity index (χ4v) is 4.06. The molecule has 38 heavy (non-hydrogen) atoms. The topological polar surface area (TPSA) is 131 Å². The number of nitrogens with two attached hydrogens (primary N) is 1. The van der Waals surface area contributed by atoms with E-state index >= 15 is 0 Å². The Morgan fingerprint density at radius 3 is 2.18 bits per heavy atom. The van der Waals surface area contributed by atoms with E-state index in [1.165, 1.54) is 4.90 Å². The van der Waals surface area contributed by atoms with Crippen molar-refractivity contribution in [2.45, 2.75) is 85.2 Å². The third kappa shape index (κ3) is 8.90. The van der Waals surface area contributed by atoms with Crippen molar-refractivity contribution in [1.29, 1.82) is 0 Å². The van der Waals surface area contributed by atoms with Crippen LogP contribution in [0.5, 0.6) is 0 Å². The smallest absolute Gasteiger partial charge is 0.408 e. The average Bonchev–Trinajstić information content (AvgIpc) is 2.80. The lowest BCUT2D eigenvalue weighted by atomic mass is 9.95. The fourth-order valence-electron chi connectivity index (χ4n) is 4.06. The second-order valence-electron chi connectivity index (χ2n) is 10.7. The molecule has 0 saturated heterocycles. The average molecular weight is 525 g/mol. The van der Waals surface area contributed by atoms with Crippen LogP contribution < -0.4 is 16.4 Å². The summed E-state index contributed by atoms with van der Waals surface area (Å²) >= 11 is 0. The van der Waals surface area contributed by atoms with E-state index in [1.54, 1.807) is 34.6 Å². The zero-order valence-electron chi connectivity index (χ0n) is 23.3. The first kappa shape index (κ1) is 30.3. The van der Waals surface area contributed by atoms with Gasteiger partial charge in [-0.2, -0.15) is 0 Å². The Labute approximate surface area is 225 Å². The van der Waals surface area contributed by atoms with E-state index in [-0.39, 0.29) is 12.5 Å². The van der Waals surface area contributed by atoms with E-state index in [4.69, 9.17) is 10.5 Å². The fraction of sp³-hybridized carbons (Fsp3) is 0.448. The number of benzene rings is 2. The summed E-state index contributed by atoms with van der Waals surface area (Å²) in [5, 5.41) is 5.43. The van der Waals surface area contributed by atoms with Crippen molar-refractivity contribution in [3.05, 3.63) is 70.8 Å². The summed E-state index contributed by atoms with van der Waals surface area (Å²) in [5.74, 6) is -1.79. The van der Waals surface area contributed by atoms with Crippen molar-refractivity contribution >= 4 is 23.8 Å². The lowest BCUT2D eigenvalue weighted by Gasteiger charge is -2.37. The summed E-state index contributed by atoms with van der Waals surface area (Å²) in [6.45, 7) is 12.6. The standard InChI is InChI=1S/C29H40N4O5/c1-18(2)33(27(36)23(16-24(30)34)32-28(37)38-29(5,6)7)25(22-15-19(3)13-14-20(22)4)26(35)31-17-21-11-9-8-10-12-21/h8-15,18,23,25H,16-17H2,1-7H3,(H2,30,34)(H,31,35)(H,32,37). The molecule has 2 rings (SSSR count). The van der Waals surface area contributed by atoms with Gasteiger partial charge in [-0.3, -0.25) is 14.4 Å². The third-order valence-electron chi connectivity index (χ3n) is 5.77. The first-order valence-electron chi connectivity index (χ1n) is 12.7. The molecule has 2 aromatic carbocycles. The van der Waals surface area contributed by atoms with Gasteiger partial charge in [0.1, 0.15) is 17.7 Å². The van der Waals surface area contributed by atoms with Crippen LogP contribution in [0.15, 0.2) is 48.5 Å². The van der Waals surface area contributed by atoms with Crippen molar-refractivity contribution in [2.24, 2.45) is 5.73 Å². The molecule has 2 aromatic rings. The Morgan fingerprint density at radius 2 is 1.63 bits per heavy atom. The van der Waals surface area contributed by atoms with Crippen molar-refractivity contribution in [1.82, 2.24) is 15.5 Å². The van der Waals surface area contributed by atoms with Gasteiger partial charge in [-0.05, 0) is 65.2 Å². The lowest BCUT2D eigenvalue weighted by Crippen LogP contribution is -2.56. The number of carbonyl (C=O) groups excluding carboxylic acids is 4. The molecule has 0 spiro atoms. The molecule has 0 aliphatic heterocycles. The second kappa shape index (κ2) is 13.1. The molecule has 0 aromatic heterocycles. The Hall–Kier alpha value is -3.88. The number of nitrogens with one attached hydrogen (secondary N) is 2. The molecule has 0 saturated carbocycles. The largest absolute Gasteiger partial charge is 0.444 e. The minimum atomic E-state index is -1.32. The second-order valence-corrected chi connectivity index (χ2v) is 10.7. The van der Waals surface area contributed by atoms with Crippen molar-refractivity contribution in [2.75, 3.05) is 0 Å². The molecule has 9 nitrogen and oxygen atoms in total. The van der Waals surface area contributed by atoms with Gasteiger partial charge in [-0.25, -0.2) is 4.79 Å². The minimum absolute atomic E-state index is 0.266. The van der Waals surface area contributed by atoms with Crippen LogP contribution >= 0.6 is 0 Å². The zero-order valence-corrected chi connectivity index (χ0v) is 23.3. The van der Waals surface area contributed by atoms with E-state index in [2.05, 4.69) is 10.6 Å². The predicted octanol–water partition coefficient (Wildman–Crippen LogP) is 3.67. The molecule has 4 N–H and O–H groups in total. The molecule has 2 unspecified atom stereocenters. The summed E-state index contributed by atoms with van der Waals surface area (Å²) in [6, 6.07) is 12.3. The summed E-state index contributed by atoms with van der Waals surface area (Å²) in [7, 11) is 0. The normalized spacial score (nSPS) is 12.8. The van der Waals surface area contributed by atoms with Gasteiger partial charge in [0.25, 0.3) is 0 Å². The summed E-state index contributed by atoms with van der Waals surface area (Å²) < 4.78 is 5.30. The third-order valence-corrected chi connectivity index (χ3v) is 5.77. The van der Waals surface area contributed by atoms with E-state index in [9.17, 15) is 19.2 Å². The number of alkyl carbamates (subject to hydrolysis) is 1. The molecule has 2 atom stereocenters. The van der Waals surface area contributed by atoms with Gasteiger partial charge >= 0.3 is 6.09 Å². The van der Waals surface area contributed by atoms with E-state index in [0.717, 1.165) is 16.7 Å². The highest BCUT2D eigenvalue weighted by Crippen LogP contribution is 2.29. The molecule has 0 fully saturated rings. The molecule has 4 amide bonds. The maximum absolute atomic E-state index is 14.0. The SMILES string of the molecule is Cc1ccc(C)c(C(C(=O)NCc2ccccc2)N(C(=O)C(CC(N)=O)NC(=O)OC(C)(C)C)C(C)C)c1. The maximum atomic E-state index is 14.0. The number of rotatable bonds is 10. The molecule has 0 radical (unpaired) electrons. The van der Waals surface area contributed by atoms with Crippen molar-refractivity contribution in [3.63, 3.8) is 0 Å². The Morgan fingerprint density at radius 1 is 1.00 bits per heavy atom. The molecule has 0 heterocycles. The molecular formula is C29H40N4O5. The molecule has 0 bridgehead atoms. The number of hydrogen-bond acceptors (Lipinski definition) is 5. The summed E-state index contributed by atoms with van der Waals surface area (Å²) in [4.78, 5) is 53.6. The molecule has 9 heteroatoms. The lowest BCUT2D eigenvalue weighted by molar-refractivity contribution is -0.145. The monoisotopic (exact) mass is 524 g/mol. The quantitative estimate of drug-likeness (QED) is 0.437. The first-order valence-corrected chi connectivity index (χ1v) is 12.7. The zero-order chi connectivity index (χ0) is 28.6. The van der Waals surface area contributed by atoms with Crippen LogP contribution in [0.1, 0.15) is 69.3 Å². The number of nitrogens with zero attached hydrogens (tertiary/aromatic N) is 1. The maximum Gasteiger partial charge on any atom is 0.408 e. The van der Waals surface area contributed by atoms with Gasteiger partial charge in [-0.15, -0.1) is 0 Å². The van der Waals surface area contributed by atoms with Gasteiger partial charge in [0.15, 0.2) is 0 Å². The number of ether oxygens (including phenoxy) is 1. The van der Waals surface area contributed by atoms with Crippen LogP contribution in [0.4, 0.5) is 4.79 Å². The highest BCUT2D eigenvalue weighted by molar-refractivity contribution is 5.94. The molecule has 206 valence electrons. The minimum Gasteiger partial charge on any atom is -0.444 e. The van der Waals surface area contributed by atoms with E-state index in [0.29, 0.717) is 5.56 Å². The van der Waals surface area contributed by atoms with Crippen LogP contribution in [-0.4, -0.2) is 46.4 Å². The predicted molar refractivity (Wildman–Crippen MR) is 146 cm³/mol. The number of aryl methyl sites for hydroxylation is 2. The van der Waals surface area contributed by atoms with E-state index < -0.39 is 48.1 Å². The van der Waals surface area contributed by atoms with Crippen LogP contribution in [0, 0.1) is 13.8 Å². The summed E-state index contributed by atoms with van der Waals surface area (Å²) in [5.41, 5.74) is 7.90. The van der Waals surface area contributed by atoms with Crippen LogP contribution in [-0.2, 0) is 25.7 Å². The highest BCUT2D eigenvalue weighted by atomic mass is 16.6. The van der Waals surface area contributed by atoms with Gasteiger partial charge < -0.3 is 26.0 Å². The van der Waals surface area contributed by atoms with Gasteiger partial charge in [0.2, 0.25) is 17.7 Å². The number of carbonyl (C=O) groups is 4.